The highest BCUT2D eigenvalue weighted by molar-refractivity contribution is 6.06. The van der Waals surface area contributed by atoms with Crippen LogP contribution in [0.4, 0.5) is 5.69 Å². The van der Waals surface area contributed by atoms with Crippen LogP contribution in [-0.2, 0) is 20.9 Å². The van der Waals surface area contributed by atoms with Crippen molar-refractivity contribution in [2.24, 2.45) is 0 Å². The number of carbonyl (C=O) groups is 2. The molecule has 5 nitrogen and oxygen atoms in total. The highest BCUT2D eigenvalue weighted by Crippen LogP contribution is 2.42. The molecule has 0 spiro atoms. The van der Waals surface area contributed by atoms with Gasteiger partial charge in [0.05, 0.1) is 11.3 Å². The van der Waals surface area contributed by atoms with E-state index >= 15 is 0 Å². The number of nitrogens with zero attached hydrogens (tertiary/aromatic N) is 1. The molecule has 2 heterocycles. The first-order valence-electron chi connectivity index (χ1n) is 10.3. The Morgan fingerprint density at radius 1 is 0.871 bits per heavy atom. The quantitative estimate of drug-likeness (QED) is 0.576. The zero-order valence-corrected chi connectivity index (χ0v) is 16.9. The predicted molar refractivity (Wildman–Crippen MR) is 116 cm³/mol. The van der Waals surface area contributed by atoms with Gasteiger partial charge in [0, 0.05) is 18.0 Å². The number of para-hydroxylation sites is 1. The van der Waals surface area contributed by atoms with Crippen molar-refractivity contribution in [1.29, 1.82) is 0 Å². The first kappa shape index (κ1) is 19.1. The third kappa shape index (κ3) is 3.70. The van der Waals surface area contributed by atoms with E-state index in [0.29, 0.717) is 17.9 Å². The van der Waals surface area contributed by atoms with Crippen LogP contribution in [0.2, 0.25) is 0 Å². The highest BCUT2D eigenvalue weighted by atomic mass is 16.5. The maximum absolute atomic E-state index is 13.1. The highest BCUT2D eigenvalue weighted by Gasteiger charge is 2.42. The van der Waals surface area contributed by atoms with Crippen LogP contribution in [0.15, 0.2) is 96.2 Å². The molecular weight excluding hydrogens is 390 g/mol. The zero-order valence-electron chi connectivity index (χ0n) is 16.9. The maximum Gasteiger partial charge on any atom is 0.336 e. The Kier molecular flexibility index (Phi) is 5.00. The van der Waals surface area contributed by atoms with E-state index in [0.717, 1.165) is 22.6 Å². The van der Waals surface area contributed by atoms with Crippen molar-refractivity contribution in [1.82, 2.24) is 0 Å². The smallest absolute Gasteiger partial charge is 0.336 e. The minimum absolute atomic E-state index is 0.0438. The average molecular weight is 411 g/mol. The van der Waals surface area contributed by atoms with Crippen LogP contribution in [0.3, 0.4) is 0 Å². The van der Waals surface area contributed by atoms with Crippen LogP contribution in [0.1, 0.15) is 23.5 Å². The Balaban J connectivity index is 1.40. The van der Waals surface area contributed by atoms with Gasteiger partial charge in [-0.05, 0) is 35.4 Å². The van der Waals surface area contributed by atoms with Gasteiger partial charge in [-0.15, -0.1) is 0 Å². The van der Waals surface area contributed by atoms with Gasteiger partial charge in [-0.3, -0.25) is 9.69 Å². The number of anilines is 1. The number of ether oxygens (including phenoxy) is 2. The number of rotatable bonds is 5. The summed E-state index contributed by atoms with van der Waals surface area (Å²) in [5, 5.41) is 0. The maximum atomic E-state index is 13.1. The summed E-state index contributed by atoms with van der Waals surface area (Å²) in [5.74, 6) is 0.0278. The van der Waals surface area contributed by atoms with E-state index in [4.69, 9.17) is 9.47 Å². The molecule has 0 N–H and O–H groups in total. The van der Waals surface area contributed by atoms with Gasteiger partial charge < -0.3 is 9.47 Å². The molecule has 3 aromatic rings. The van der Waals surface area contributed by atoms with E-state index in [2.05, 4.69) is 0 Å². The van der Waals surface area contributed by atoms with Gasteiger partial charge >= 0.3 is 5.97 Å². The molecule has 5 heteroatoms. The number of benzene rings is 3. The average Bonchev–Trinajstić information content (AvgIpc) is 3.20. The van der Waals surface area contributed by atoms with Crippen molar-refractivity contribution in [2.45, 2.75) is 18.9 Å². The first-order chi connectivity index (χ1) is 15.2. The van der Waals surface area contributed by atoms with Crippen LogP contribution in [0.5, 0.6) is 5.75 Å². The van der Waals surface area contributed by atoms with Gasteiger partial charge in [-0.1, -0.05) is 60.7 Å². The third-order valence-corrected chi connectivity index (χ3v) is 5.66. The number of carbonyl (C=O) groups excluding carboxylic acids is 2. The molecule has 2 aliphatic rings. The number of cyclic esters (lactones) is 1. The molecule has 0 unspecified atom stereocenters. The summed E-state index contributed by atoms with van der Waals surface area (Å²) >= 11 is 0. The summed E-state index contributed by atoms with van der Waals surface area (Å²) < 4.78 is 11.2. The lowest BCUT2D eigenvalue weighted by Gasteiger charge is -2.31. The molecule has 31 heavy (non-hydrogen) atoms. The molecule has 154 valence electrons. The molecule has 1 amide bonds. The molecule has 0 fully saturated rings. The van der Waals surface area contributed by atoms with Crippen molar-refractivity contribution in [2.75, 3.05) is 11.5 Å². The second-order valence-corrected chi connectivity index (χ2v) is 7.60. The molecular formula is C26H21NO4. The van der Waals surface area contributed by atoms with Gasteiger partial charge in [0.1, 0.15) is 19.0 Å². The number of hydrogen-bond donors (Lipinski definition) is 0. The molecule has 5 rings (SSSR count). The third-order valence-electron chi connectivity index (χ3n) is 5.66. The van der Waals surface area contributed by atoms with E-state index in [1.165, 1.54) is 0 Å². The normalized spacial score (nSPS) is 18.1. The van der Waals surface area contributed by atoms with Crippen LogP contribution < -0.4 is 9.64 Å². The Labute approximate surface area is 180 Å². The molecule has 3 aromatic carbocycles. The number of esters is 1. The molecule has 1 atom stereocenters. The Bertz CT molecular complexity index is 1140. The summed E-state index contributed by atoms with van der Waals surface area (Å²) in [6.07, 6.45) is 0.215. The fourth-order valence-electron chi connectivity index (χ4n) is 4.15. The molecule has 0 radical (unpaired) electrons. The van der Waals surface area contributed by atoms with Gasteiger partial charge in [0.25, 0.3) is 0 Å². The van der Waals surface area contributed by atoms with Crippen molar-refractivity contribution in [3.05, 3.63) is 107 Å². The van der Waals surface area contributed by atoms with Gasteiger partial charge in [-0.2, -0.15) is 0 Å². The molecule has 0 aliphatic carbocycles. The van der Waals surface area contributed by atoms with Crippen molar-refractivity contribution < 1.29 is 19.1 Å². The SMILES string of the molecule is O=C1OCC2=C1[C@@H](c1ccc(OCc3ccccc3)cc1)CC(=O)N2c1ccccc1. The summed E-state index contributed by atoms with van der Waals surface area (Å²) in [5.41, 5.74) is 3.96. The molecule has 0 saturated carbocycles. The monoisotopic (exact) mass is 411 g/mol. The summed E-state index contributed by atoms with van der Waals surface area (Å²) in [7, 11) is 0. The van der Waals surface area contributed by atoms with Crippen LogP contribution in [-0.4, -0.2) is 18.5 Å². The van der Waals surface area contributed by atoms with Gasteiger partial charge in [0.2, 0.25) is 5.91 Å². The fourth-order valence-corrected chi connectivity index (χ4v) is 4.15. The van der Waals surface area contributed by atoms with Crippen LogP contribution in [0, 0.1) is 0 Å². The standard InChI is InChI=1S/C26H21NO4/c28-24-15-22(19-11-13-21(14-12-19)30-16-18-7-3-1-4-8-18)25-23(17-31-26(25)29)27(24)20-9-5-2-6-10-20/h1-14,22H,15-17H2/t22-/m1/s1. The first-order valence-corrected chi connectivity index (χ1v) is 10.3. The lowest BCUT2D eigenvalue weighted by Crippen LogP contribution is -2.37. The Morgan fingerprint density at radius 3 is 2.26 bits per heavy atom. The lowest BCUT2D eigenvalue weighted by atomic mass is 9.84. The summed E-state index contributed by atoms with van der Waals surface area (Å²) in [6.45, 7) is 0.597. The minimum Gasteiger partial charge on any atom is -0.489 e. The number of hydrogen-bond acceptors (Lipinski definition) is 4. The van der Waals surface area contributed by atoms with E-state index in [1.54, 1.807) is 4.90 Å². The van der Waals surface area contributed by atoms with E-state index in [1.807, 2.05) is 84.9 Å². The van der Waals surface area contributed by atoms with Crippen LogP contribution in [0.25, 0.3) is 0 Å². The fraction of sp³-hybridized carbons (Fsp3) is 0.154. The zero-order chi connectivity index (χ0) is 21.2. The van der Waals surface area contributed by atoms with Crippen molar-refractivity contribution in [3.63, 3.8) is 0 Å². The van der Waals surface area contributed by atoms with Crippen molar-refractivity contribution in [3.8, 4) is 5.75 Å². The Morgan fingerprint density at radius 2 is 1.55 bits per heavy atom. The van der Waals surface area contributed by atoms with E-state index < -0.39 is 0 Å². The topological polar surface area (TPSA) is 55.8 Å². The summed E-state index contributed by atoms with van der Waals surface area (Å²) in [6, 6.07) is 26.9. The molecule has 0 saturated heterocycles. The minimum atomic E-state index is -0.349. The van der Waals surface area contributed by atoms with E-state index in [-0.39, 0.29) is 30.8 Å². The van der Waals surface area contributed by atoms with Gasteiger partial charge in [0.15, 0.2) is 0 Å². The molecule has 0 aromatic heterocycles. The lowest BCUT2D eigenvalue weighted by molar-refractivity contribution is -0.136. The van der Waals surface area contributed by atoms with Crippen LogP contribution >= 0.6 is 0 Å². The Hall–Kier alpha value is -3.86. The second kappa shape index (κ2) is 8.11. The summed E-state index contributed by atoms with van der Waals surface area (Å²) in [4.78, 5) is 27.2. The number of amides is 1. The molecule has 2 aliphatic heterocycles. The second-order valence-electron chi connectivity index (χ2n) is 7.60. The van der Waals surface area contributed by atoms with Crippen molar-refractivity contribution >= 4 is 17.6 Å². The van der Waals surface area contributed by atoms with E-state index in [9.17, 15) is 9.59 Å². The molecule has 0 bridgehead atoms. The largest absolute Gasteiger partial charge is 0.489 e. The predicted octanol–water partition coefficient (Wildman–Crippen LogP) is 4.60. The van der Waals surface area contributed by atoms with Gasteiger partial charge in [-0.25, -0.2) is 4.79 Å².